The van der Waals surface area contributed by atoms with Gasteiger partial charge >= 0.3 is 12.1 Å². The molecule has 1 atom stereocenters. The Morgan fingerprint density at radius 1 is 1.08 bits per heavy atom. The number of amides is 1. The standard InChI is InChI=1S/C18H16F3NO4/c1-11(26-17(25)13-4-2-12(10-23)3-5-13)16(24)22-15-8-6-14(7-9-15)18(19,20)21/h2-9,11,23H,10H2,1H3,(H,22,24)/t11-/m0/s1. The van der Waals surface area contributed by atoms with Crippen LogP contribution in [0, 0.1) is 0 Å². The normalized spacial score (nSPS) is 12.3. The fraction of sp³-hybridized carbons (Fsp3) is 0.222. The number of aliphatic hydroxyl groups is 1. The molecule has 0 aliphatic carbocycles. The van der Waals surface area contributed by atoms with Crippen molar-refractivity contribution in [1.82, 2.24) is 0 Å². The zero-order valence-corrected chi connectivity index (χ0v) is 13.7. The number of aliphatic hydroxyl groups excluding tert-OH is 1. The molecule has 0 bridgehead atoms. The summed E-state index contributed by atoms with van der Waals surface area (Å²) < 4.78 is 42.5. The largest absolute Gasteiger partial charge is 0.449 e. The maximum atomic E-state index is 12.5. The maximum absolute atomic E-state index is 12.5. The summed E-state index contributed by atoms with van der Waals surface area (Å²) in [5.41, 5.74) is 0.144. The number of hydrogen-bond acceptors (Lipinski definition) is 4. The number of alkyl halides is 3. The highest BCUT2D eigenvalue weighted by molar-refractivity contribution is 5.97. The fourth-order valence-corrected chi connectivity index (χ4v) is 2.01. The van der Waals surface area contributed by atoms with Gasteiger partial charge in [0.25, 0.3) is 5.91 Å². The molecule has 0 saturated carbocycles. The van der Waals surface area contributed by atoms with E-state index in [0.29, 0.717) is 5.56 Å². The van der Waals surface area contributed by atoms with Crippen molar-refractivity contribution in [2.75, 3.05) is 5.32 Å². The molecule has 2 rings (SSSR count). The van der Waals surface area contributed by atoms with Gasteiger partial charge in [-0.25, -0.2) is 4.79 Å². The molecule has 0 radical (unpaired) electrons. The summed E-state index contributed by atoms with van der Waals surface area (Å²) >= 11 is 0. The van der Waals surface area contributed by atoms with Crippen LogP contribution in [0.25, 0.3) is 0 Å². The van der Waals surface area contributed by atoms with Gasteiger partial charge in [-0.3, -0.25) is 4.79 Å². The zero-order valence-electron chi connectivity index (χ0n) is 13.7. The first-order valence-electron chi connectivity index (χ1n) is 7.59. The van der Waals surface area contributed by atoms with Crippen molar-refractivity contribution >= 4 is 17.6 Å². The summed E-state index contributed by atoms with van der Waals surface area (Å²) in [4.78, 5) is 24.0. The van der Waals surface area contributed by atoms with E-state index < -0.39 is 29.7 Å². The Balaban J connectivity index is 1.95. The molecule has 5 nitrogen and oxygen atoms in total. The second kappa shape index (κ2) is 8.01. The zero-order chi connectivity index (χ0) is 19.3. The number of esters is 1. The first-order chi connectivity index (χ1) is 12.2. The fourth-order valence-electron chi connectivity index (χ4n) is 2.01. The van der Waals surface area contributed by atoms with E-state index in [1.807, 2.05) is 0 Å². The topological polar surface area (TPSA) is 75.6 Å². The summed E-state index contributed by atoms with van der Waals surface area (Å²) in [6.07, 6.45) is -5.61. The second-order valence-corrected chi connectivity index (χ2v) is 5.47. The van der Waals surface area contributed by atoms with Crippen LogP contribution in [0.3, 0.4) is 0 Å². The quantitative estimate of drug-likeness (QED) is 0.795. The van der Waals surface area contributed by atoms with Gasteiger partial charge in [-0.15, -0.1) is 0 Å². The molecular formula is C18H16F3NO4. The van der Waals surface area contributed by atoms with Gasteiger partial charge in [-0.2, -0.15) is 13.2 Å². The van der Waals surface area contributed by atoms with Crippen LogP contribution in [-0.4, -0.2) is 23.1 Å². The molecule has 0 unspecified atom stereocenters. The van der Waals surface area contributed by atoms with Crippen LogP contribution in [0.4, 0.5) is 18.9 Å². The van der Waals surface area contributed by atoms with Crippen LogP contribution in [0.1, 0.15) is 28.4 Å². The van der Waals surface area contributed by atoms with Gasteiger partial charge in [0.2, 0.25) is 0 Å². The predicted octanol–water partition coefficient (Wildman–Crippen LogP) is 3.38. The van der Waals surface area contributed by atoms with E-state index >= 15 is 0 Å². The van der Waals surface area contributed by atoms with Gasteiger partial charge < -0.3 is 15.2 Å². The third kappa shape index (κ3) is 5.06. The molecule has 2 N–H and O–H groups in total. The number of carbonyl (C=O) groups is 2. The van der Waals surface area contributed by atoms with E-state index in [1.54, 1.807) is 12.1 Å². The Labute approximate surface area is 147 Å². The highest BCUT2D eigenvalue weighted by atomic mass is 19.4. The van der Waals surface area contributed by atoms with Crippen molar-refractivity contribution < 1.29 is 32.6 Å². The van der Waals surface area contributed by atoms with Crippen molar-refractivity contribution in [1.29, 1.82) is 0 Å². The van der Waals surface area contributed by atoms with Crippen LogP contribution in [0.15, 0.2) is 48.5 Å². The molecule has 0 heterocycles. The lowest BCUT2D eigenvalue weighted by molar-refractivity contribution is -0.137. The molecule has 2 aromatic rings. The van der Waals surface area contributed by atoms with Gasteiger partial charge in [0.05, 0.1) is 17.7 Å². The average Bonchev–Trinajstić information content (AvgIpc) is 2.61. The van der Waals surface area contributed by atoms with E-state index in [0.717, 1.165) is 24.3 Å². The van der Waals surface area contributed by atoms with Crippen molar-refractivity contribution in [3.05, 3.63) is 65.2 Å². The first-order valence-corrected chi connectivity index (χ1v) is 7.59. The smallest absolute Gasteiger partial charge is 0.416 e. The minimum absolute atomic E-state index is 0.151. The van der Waals surface area contributed by atoms with Crippen molar-refractivity contribution in [3.8, 4) is 0 Å². The number of ether oxygens (including phenoxy) is 1. The highest BCUT2D eigenvalue weighted by Gasteiger charge is 2.30. The Kier molecular flexibility index (Phi) is 5.99. The molecule has 1 amide bonds. The summed E-state index contributed by atoms with van der Waals surface area (Å²) in [7, 11) is 0. The molecule has 0 aliphatic heterocycles. The molecule has 26 heavy (non-hydrogen) atoms. The van der Waals surface area contributed by atoms with Gasteiger partial charge in [0, 0.05) is 5.69 Å². The SMILES string of the molecule is C[C@H](OC(=O)c1ccc(CO)cc1)C(=O)Nc1ccc(C(F)(F)F)cc1. The number of carbonyl (C=O) groups excluding carboxylic acids is 2. The van der Waals surface area contributed by atoms with Crippen LogP contribution in [0.2, 0.25) is 0 Å². The summed E-state index contributed by atoms with van der Waals surface area (Å²) in [6, 6.07) is 9.91. The van der Waals surface area contributed by atoms with Crippen molar-refractivity contribution in [2.24, 2.45) is 0 Å². The number of benzene rings is 2. The Bertz CT molecular complexity index is 771. The van der Waals surface area contributed by atoms with Crippen molar-refractivity contribution in [2.45, 2.75) is 25.8 Å². The van der Waals surface area contributed by atoms with Gasteiger partial charge in [-0.1, -0.05) is 12.1 Å². The predicted molar refractivity (Wildman–Crippen MR) is 87.3 cm³/mol. The Morgan fingerprint density at radius 3 is 2.15 bits per heavy atom. The van der Waals surface area contributed by atoms with Crippen LogP contribution in [0.5, 0.6) is 0 Å². The minimum atomic E-state index is -4.46. The molecule has 0 aromatic heterocycles. The van der Waals surface area contributed by atoms with Crippen LogP contribution < -0.4 is 5.32 Å². The third-order valence-electron chi connectivity index (χ3n) is 3.51. The lowest BCUT2D eigenvalue weighted by atomic mass is 10.1. The van der Waals surface area contributed by atoms with E-state index in [4.69, 9.17) is 9.84 Å². The average molecular weight is 367 g/mol. The van der Waals surface area contributed by atoms with Gasteiger partial charge in [-0.05, 0) is 48.9 Å². The molecule has 0 fully saturated rings. The summed E-state index contributed by atoms with van der Waals surface area (Å²) in [5, 5.41) is 11.3. The van der Waals surface area contributed by atoms with Gasteiger partial charge in [0.15, 0.2) is 6.10 Å². The number of halogens is 3. The van der Waals surface area contributed by atoms with E-state index in [9.17, 15) is 22.8 Å². The molecule has 0 spiro atoms. The monoisotopic (exact) mass is 367 g/mol. The lowest BCUT2D eigenvalue weighted by Crippen LogP contribution is -2.30. The molecule has 2 aromatic carbocycles. The molecular weight excluding hydrogens is 351 g/mol. The molecule has 8 heteroatoms. The molecule has 0 saturated heterocycles. The van der Waals surface area contributed by atoms with Gasteiger partial charge in [0.1, 0.15) is 0 Å². The first kappa shape index (κ1) is 19.5. The lowest BCUT2D eigenvalue weighted by Gasteiger charge is -2.14. The minimum Gasteiger partial charge on any atom is -0.449 e. The Hall–Kier alpha value is -2.87. The molecule has 0 aliphatic rings. The van der Waals surface area contributed by atoms with E-state index in [1.165, 1.54) is 19.1 Å². The third-order valence-corrected chi connectivity index (χ3v) is 3.51. The molecule has 138 valence electrons. The number of hydrogen-bond donors (Lipinski definition) is 2. The van der Waals surface area contributed by atoms with Crippen LogP contribution in [-0.2, 0) is 22.3 Å². The summed E-state index contributed by atoms with van der Waals surface area (Å²) in [5.74, 6) is -1.41. The summed E-state index contributed by atoms with van der Waals surface area (Å²) in [6.45, 7) is 1.18. The number of nitrogens with one attached hydrogen (secondary N) is 1. The Morgan fingerprint density at radius 2 is 1.65 bits per heavy atom. The second-order valence-electron chi connectivity index (χ2n) is 5.47. The van der Waals surface area contributed by atoms with E-state index in [-0.39, 0.29) is 17.9 Å². The van der Waals surface area contributed by atoms with Crippen LogP contribution >= 0.6 is 0 Å². The maximum Gasteiger partial charge on any atom is 0.416 e. The van der Waals surface area contributed by atoms with Crippen molar-refractivity contribution in [3.63, 3.8) is 0 Å². The van der Waals surface area contributed by atoms with E-state index in [2.05, 4.69) is 5.32 Å². The highest BCUT2D eigenvalue weighted by Crippen LogP contribution is 2.29. The number of rotatable bonds is 5. The number of anilines is 1.